The van der Waals surface area contributed by atoms with Gasteiger partial charge in [-0.2, -0.15) is 0 Å². The Morgan fingerprint density at radius 3 is 2.15 bits per heavy atom. The Hall–Kier alpha value is -2.89. The molecule has 2 aromatic rings. The molecule has 2 N–H and O–H groups in total. The van der Waals surface area contributed by atoms with Crippen molar-refractivity contribution < 1.29 is 19.5 Å². The third kappa shape index (κ3) is 5.05. The van der Waals surface area contributed by atoms with Gasteiger partial charge in [0.25, 0.3) is 5.91 Å². The van der Waals surface area contributed by atoms with Crippen molar-refractivity contribution in [3.8, 4) is 5.75 Å². The molecule has 172 valence electrons. The zero-order chi connectivity index (χ0) is 24.3. The topological polar surface area (TPSA) is 83.5 Å². The van der Waals surface area contributed by atoms with E-state index in [9.17, 15) is 19.5 Å². The van der Waals surface area contributed by atoms with Gasteiger partial charge in [0.1, 0.15) is 5.75 Å². The van der Waals surface area contributed by atoms with E-state index in [4.69, 9.17) is 23.2 Å². The first-order valence-corrected chi connectivity index (χ1v) is 11.4. The van der Waals surface area contributed by atoms with E-state index in [1.807, 2.05) is 0 Å². The lowest BCUT2D eigenvalue weighted by atomic mass is 9.76. The smallest absolute Gasteiger partial charge is 0.255 e. The number of Topliss-reactive ketones (excluding diaryl/α,β-unsaturated/α-hetero) is 2. The van der Waals surface area contributed by atoms with E-state index in [1.165, 1.54) is 12.1 Å². The molecule has 0 aliphatic heterocycles. The molecule has 5 nitrogen and oxygen atoms in total. The molecule has 0 saturated carbocycles. The molecule has 0 heterocycles. The first kappa shape index (κ1) is 24.7. The van der Waals surface area contributed by atoms with Crippen LogP contribution in [0.25, 0.3) is 0 Å². The van der Waals surface area contributed by atoms with Crippen LogP contribution in [0, 0.1) is 0 Å². The molecule has 1 aliphatic carbocycles. The molecular formula is C26H25Cl2NO4. The number of rotatable bonds is 7. The van der Waals surface area contributed by atoms with Gasteiger partial charge in [-0.1, -0.05) is 41.4 Å². The Morgan fingerprint density at radius 1 is 0.909 bits per heavy atom. The largest absolute Gasteiger partial charge is 0.507 e. The normalized spacial score (nSPS) is 15.2. The van der Waals surface area contributed by atoms with Crippen molar-refractivity contribution >= 4 is 40.7 Å². The number of para-hydroxylation sites is 1. The summed E-state index contributed by atoms with van der Waals surface area (Å²) in [5, 5.41) is 13.5. The Balaban J connectivity index is 1.87. The van der Waals surface area contributed by atoms with Crippen molar-refractivity contribution in [2.75, 3.05) is 6.54 Å². The molecule has 0 radical (unpaired) electrons. The van der Waals surface area contributed by atoms with Crippen LogP contribution in [-0.2, 0) is 9.59 Å². The fourth-order valence-electron chi connectivity index (χ4n) is 4.08. The van der Waals surface area contributed by atoms with Gasteiger partial charge in [-0.05, 0) is 63.4 Å². The monoisotopic (exact) mass is 485 g/mol. The number of benzene rings is 2. The van der Waals surface area contributed by atoms with Crippen LogP contribution in [0.1, 0.15) is 55.5 Å². The number of phenols is 1. The molecule has 0 fully saturated rings. The molecule has 1 amide bonds. The van der Waals surface area contributed by atoms with Crippen molar-refractivity contribution in [2.45, 2.75) is 39.5 Å². The van der Waals surface area contributed by atoms with Gasteiger partial charge in [-0.25, -0.2) is 0 Å². The summed E-state index contributed by atoms with van der Waals surface area (Å²) in [5.74, 6) is -1.35. The molecule has 33 heavy (non-hydrogen) atoms. The minimum Gasteiger partial charge on any atom is -0.507 e. The van der Waals surface area contributed by atoms with Gasteiger partial charge >= 0.3 is 0 Å². The van der Waals surface area contributed by atoms with Gasteiger partial charge < -0.3 is 10.4 Å². The summed E-state index contributed by atoms with van der Waals surface area (Å²) < 4.78 is 0. The van der Waals surface area contributed by atoms with E-state index in [0.717, 1.165) is 0 Å². The van der Waals surface area contributed by atoms with Crippen LogP contribution in [0.5, 0.6) is 5.75 Å². The van der Waals surface area contributed by atoms with Crippen LogP contribution in [0.2, 0.25) is 10.0 Å². The zero-order valence-corrected chi connectivity index (χ0v) is 20.2. The van der Waals surface area contributed by atoms with Crippen LogP contribution in [-0.4, -0.2) is 29.1 Å². The Bertz CT molecular complexity index is 1180. The van der Waals surface area contributed by atoms with Gasteiger partial charge in [0, 0.05) is 44.8 Å². The number of hydrogen-bond donors (Lipinski definition) is 2. The molecule has 0 bridgehead atoms. The fourth-order valence-corrected chi connectivity index (χ4v) is 4.74. The van der Waals surface area contributed by atoms with Crippen LogP contribution in [0.4, 0.5) is 0 Å². The van der Waals surface area contributed by atoms with Crippen LogP contribution >= 0.6 is 23.2 Å². The molecule has 0 spiro atoms. The van der Waals surface area contributed by atoms with Crippen molar-refractivity contribution in [2.24, 2.45) is 0 Å². The zero-order valence-electron chi connectivity index (χ0n) is 18.7. The second kappa shape index (κ2) is 10.4. The number of nitrogens with one attached hydrogen (secondary N) is 1. The number of aromatic hydroxyl groups is 1. The number of allylic oxidation sites excluding steroid dienone is 4. The highest BCUT2D eigenvalue weighted by Gasteiger charge is 2.34. The van der Waals surface area contributed by atoms with Crippen molar-refractivity contribution in [3.05, 3.63) is 85.9 Å². The Labute approximate surface area is 203 Å². The van der Waals surface area contributed by atoms with Gasteiger partial charge in [0.05, 0.1) is 5.56 Å². The number of ketones is 2. The number of carbonyl (C=O) groups is 3. The molecule has 1 aliphatic rings. The molecule has 1 atom stereocenters. The van der Waals surface area contributed by atoms with Crippen molar-refractivity contribution in [1.29, 1.82) is 0 Å². The second-order valence-electron chi connectivity index (χ2n) is 8.05. The van der Waals surface area contributed by atoms with E-state index < -0.39 is 11.8 Å². The van der Waals surface area contributed by atoms with E-state index in [0.29, 0.717) is 57.3 Å². The summed E-state index contributed by atoms with van der Waals surface area (Å²) >= 11 is 13.0. The minimum atomic E-state index is -0.507. The van der Waals surface area contributed by atoms with Gasteiger partial charge in [-0.3, -0.25) is 14.4 Å². The molecule has 0 saturated heterocycles. The van der Waals surface area contributed by atoms with Crippen molar-refractivity contribution in [1.82, 2.24) is 5.32 Å². The number of halogens is 2. The first-order valence-electron chi connectivity index (χ1n) is 10.6. The highest BCUT2D eigenvalue weighted by atomic mass is 35.5. The average molecular weight is 486 g/mol. The molecule has 1 unspecified atom stereocenters. The summed E-state index contributed by atoms with van der Waals surface area (Å²) in [6, 6.07) is 11.4. The standard InChI is InChI=1S/C26H25Cl2NO4/c1-14-15(2)25(32)22(16(3)24(14)31)18(23-19(27)10-6-11-20(23)28)9-7-13-29-26(33)17-8-4-5-12-21(17)30/h4-6,8,10-12,18,30H,7,9,13H2,1-3H3,(H,29,33). The van der Waals surface area contributed by atoms with Crippen LogP contribution in [0.3, 0.4) is 0 Å². The molecule has 2 aromatic carbocycles. The number of phenolic OH excluding ortho intramolecular Hbond substituents is 1. The van der Waals surface area contributed by atoms with E-state index in [2.05, 4.69) is 5.32 Å². The average Bonchev–Trinajstić information content (AvgIpc) is 2.78. The summed E-state index contributed by atoms with van der Waals surface area (Å²) in [6.45, 7) is 5.26. The molecule has 3 rings (SSSR count). The Morgan fingerprint density at radius 2 is 1.52 bits per heavy atom. The summed E-state index contributed by atoms with van der Waals surface area (Å²) in [6.07, 6.45) is 0.925. The Kier molecular flexibility index (Phi) is 7.77. The fraction of sp³-hybridized carbons (Fsp3) is 0.269. The number of amides is 1. The molecular weight excluding hydrogens is 461 g/mol. The summed E-state index contributed by atoms with van der Waals surface area (Å²) in [4.78, 5) is 38.4. The lowest BCUT2D eigenvalue weighted by Crippen LogP contribution is -2.27. The van der Waals surface area contributed by atoms with Gasteiger partial charge in [-0.15, -0.1) is 0 Å². The number of hydrogen-bond acceptors (Lipinski definition) is 4. The second-order valence-corrected chi connectivity index (χ2v) is 8.86. The molecule has 7 heteroatoms. The third-order valence-corrected chi connectivity index (χ3v) is 6.69. The van der Waals surface area contributed by atoms with E-state index in [-0.39, 0.29) is 22.9 Å². The van der Waals surface area contributed by atoms with E-state index in [1.54, 1.807) is 51.1 Å². The SMILES string of the molecule is CC1=C(C)C(=O)C(C(CCCNC(=O)c2ccccc2O)c2c(Cl)cccc2Cl)=C(C)C1=O. The van der Waals surface area contributed by atoms with Crippen LogP contribution in [0.15, 0.2) is 64.8 Å². The number of carbonyl (C=O) groups excluding carboxylic acids is 3. The lowest BCUT2D eigenvalue weighted by Gasteiger charge is -2.27. The van der Waals surface area contributed by atoms with Crippen LogP contribution < -0.4 is 5.32 Å². The minimum absolute atomic E-state index is 0.0968. The maximum atomic E-state index is 13.2. The molecule has 0 aromatic heterocycles. The first-order chi connectivity index (χ1) is 15.6. The predicted molar refractivity (Wildman–Crippen MR) is 130 cm³/mol. The maximum Gasteiger partial charge on any atom is 0.255 e. The lowest BCUT2D eigenvalue weighted by molar-refractivity contribution is -0.116. The predicted octanol–water partition coefficient (Wildman–Crippen LogP) is 5.80. The quantitative estimate of drug-likeness (QED) is 0.383. The highest BCUT2D eigenvalue weighted by molar-refractivity contribution is 6.36. The van der Waals surface area contributed by atoms with E-state index >= 15 is 0 Å². The summed E-state index contributed by atoms with van der Waals surface area (Å²) in [5.41, 5.74) is 2.43. The van der Waals surface area contributed by atoms with Gasteiger partial charge in [0.2, 0.25) is 0 Å². The summed E-state index contributed by atoms with van der Waals surface area (Å²) in [7, 11) is 0. The van der Waals surface area contributed by atoms with Crippen molar-refractivity contribution in [3.63, 3.8) is 0 Å². The van der Waals surface area contributed by atoms with Gasteiger partial charge in [0.15, 0.2) is 11.6 Å². The maximum absolute atomic E-state index is 13.2. The highest BCUT2D eigenvalue weighted by Crippen LogP contribution is 2.42. The third-order valence-electron chi connectivity index (χ3n) is 6.03.